The van der Waals surface area contributed by atoms with Crippen molar-refractivity contribution in [2.75, 3.05) is 7.11 Å². The van der Waals surface area contributed by atoms with E-state index in [1.165, 1.54) is 7.11 Å². The van der Waals surface area contributed by atoms with Gasteiger partial charge in [-0.2, -0.15) is 0 Å². The highest BCUT2D eigenvalue weighted by Gasteiger charge is 2.61. The Morgan fingerprint density at radius 2 is 1.95 bits per heavy atom. The number of allylic oxidation sites excluding steroid dienone is 1. The third kappa shape index (κ3) is 1.51. The molecule has 0 spiro atoms. The summed E-state index contributed by atoms with van der Waals surface area (Å²) < 4.78 is 4.82. The molecular formula is C16H14O4. The maximum absolute atomic E-state index is 12.4. The molecule has 1 aromatic rings. The van der Waals surface area contributed by atoms with Crippen LogP contribution in [-0.4, -0.2) is 24.6 Å². The average Bonchev–Trinajstić information content (AvgIpc) is 2.51. The first kappa shape index (κ1) is 12.8. The van der Waals surface area contributed by atoms with Crippen molar-refractivity contribution in [1.29, 1.82) is 0 Å². The van der Waals surface area contributed by atoms with E-state index in [9.17, 15) is 14.4 Å². The van der Waals surface area contributed by atoms with Crippen LogP contribution in [0.1, 0.15) is 17.9 Å². The summed E-state index contributed by atoms with van der Waals surface area (Å²) in [7, 11) is 1.24. The molecule has 20 heavy (non-hydrogen) atoms. The van der Waals surface area contributed by atoms with Gasteiger partial charge in [0.15, 0.2) is 5.41 Å². The Morgan fingerprint density at radius 1 is 1.25 bits per heavy atom. The Balaban J connectivity index is 2.17. The minimum absolute atomic E-state index is 0.337. The molecule has 0 heterocycles. The number of esters is 1. The quantitative estimate of drug-likeness (QED) is 0.355. The van der Waals surface area contributed by atoms with Gasteiger partial charge in [-0.05, 0) is 12.0 Å². The van der Waals surface area contributed by atoms with E-state index in [1.807, 2.05) is 30.3 Å². The molecule has 3 atom stereocenters. The van der Waals surface area contributed by atoms with Gasteiger partial charge in [0.25, 0.3) is 0 Å². The summed E-state index contributed by atoms with van der Waals surface area (Å²) in [6.07, 6.45) is 3.70. The van der Waals surface area contributed by atoms with Crippen molar-refractivity contribution >= 4 is 17.5 Å². The second-order valence-corrected chi connectivity index (χ2v) is 5.22. The molecule has 4 heteroatoms. The Morgan fingerprint density at radius 3 is 2.60 bits per heavy atom. The summed E-state index contributed by atoms with van der Waals surface area (Å²) in [6.45, 7) is 0. The van der Waals surface area contributed by atoms with Gasteiger partial charge in [0.05, 0.1) is 7.11 Å². The van der Waals surface area contributed by atoms with Gasteiger partial charge in [0.1, 0.15) is 0 Å². The molecule has 3 aliphatic rings. The van der Waals surface area contributed by atoms with E-state index in [-0.39, 0.29) is 5.92 Å². The predicted molar refractivity (Wildman–Crippen MR) is 70.9 cm³/mol. The zero-order chi connectivity index (χ0) is 14.3. The van der Waals surface area contributed by atoms with Crippen molar-refractivity contribution in [3.63, 3.8) is 0 Å². The number of Topliss-reactive ketones (excluding diaryl/α,β-unsaturated/α-hetero) is 2. The van der Waals surface area contributed by atoms with Crippen LogP contribution < -0.4 is 0 Å². The van der Waals surface area contributed by atoms with E-state index in [1.54, 1.807) is 12.2 Å². The largest absolute Gasteiger partial charge is 0.468 e. The van der Waals surface area contributed by atoms with Crippen LogP contribution >= 0.6 is 0 Å². The highest BCUT2D eigenvalue weighted by atomic mass is 16.5. The number of carbonyl (C=O) groups is 3. The Hall–Kier alpha value is -2.23. The molecule has 1 saturated carbocycles. The first-order chi connectivity index (χ1) is 9.61. The van der Waals surface area contributed by atoms with Crippen LogP contribution in [0.5, 0.6) is 0 Å². The van der Waals surface area contributed by atoms with Crippen molar-refractivity contribution in [3.8, 4) is 0 Å². The summed E-state index contributed by atoms with van der Waals surface area (Å²) in [4.78, 5) is 36.6. The van der Waals surface area contributed by atoms with Crippen molar-refractivity contribution in [1.82, 2.24) is 0 Å². The van der Waals surface area contributed by atoms with Gasteiger partial charge >= 0.3 is 5.97 Å². The van der Waals surface area contributed by atoms with E-state index >= 15 is 0 Å². The third-order valence-corrected chi connectivity index (χ3v) is 4.29. The zero-order valence-corrected chi connectivity index (χ0v) is 11.0. The lowest BCUT2D eigenvalue weighted by Crippen LogP contribution is -2.55. The standard InChI is InChI=1S/C16H14O4/c1-20-15(19)16-8-7-11(13(17)14(16)18)9-12(16)10-5-3-2-4-6-10/h2-8,11-12H,9H2,1H3/t11-,12+,16-/m0/s1. The van der Waals surface area contributed by atoms with Gasteiger partial charge in [-0.15, -0.1) is 0 Å². The fraction of sp³-hybridized carbons (Fsp3) is 0.312. The SMILES string of the molecule is COC(=O)[C@@]12C=C[C@@H](C[C@@H]1c1ccccc1)C(=O)C2=O. The molecule has 0 saturated heterocycles. The molecule has 0 radical (unpaired) electrons. The number of fused-ring (bicyclic) bond motifs is 2. The molecule has 0 N–H and O–H groups in total. The second-order valence-electron chi connectivity index (χ2n) is 5.22. The van der Waals surface area contributed by atoms with Crippen LogP contribution in [-0.2, 0) is 19.1 Å². The summed E-state index contributed by atoms with van der Waals surface area (Å²) >= 11 is 0. The molecule has 4 nitrogen and oxygen atoms in total. The fourth-order valence-corrected chi connectivity index (χ4v) is 3.26. The average molecular weight is 270 g/mol. The number of hydrogen-bond donors (Lipinski definition) is 0. The van der Waals surface area contributed by atoms with Gasteiger partial charge in [-0.1, -0.05) is 42.5 Å². The lowest BCUT2D eigenvalue weighted by Gasteiger charge is -2.43. The topological polar surface area (TPSA) is 60.4 Å². The number of ether oxygens (including phenoxy) is 1. The molecule has 1 aromatic carbocycles. The lowest BCUT2D eigenvalue weighted by atomic mass is 9.56. The van der Waals surface area contributed by atoms with Crippen molar-refractivity contribution in [2.24, 2.45) is 11.3 Å². The van der Waals surface area contributed by atoms with Gasteiger partial charge in [0.2, 0.25) is 11.6 Å². The molecule has 0 unspecified atom stereocenters. The molecule has 0 aliphatic heterocycles. The Labute approximate surface area is 116 Å². The molecular weight excluding hydrogens is 256 g/mol. The number of rotatable bonds is 2. The van der Waals surface area contributed by atoms with Crippen LogP contribution in [0, 0.1) is 11.3 Å². The molecule has 1 fully saturated rings. The highest BCUT2D eigenvalue weighted by molar-refractivity contribution is 6.46. The summed E-state index contributed by atoms with van der Waals surface area (Å²) in [5.41, 5.74) is -0.602. The van der Waals surface area contributed by atoms with Crippen LogP contribution in [0.4, 0.5) is 0 Å². The summed E-state index contributed by atoms with van der Waals surface area (Å²) in [5, 5.41) is 0. The van der Waals surface area contributed by atoms with E-state index < -0.39 is 28.9 Å². The number of methoxy groups -OCH3 is 1. The smallest absolute Gasteiger partial charge is 0.324 e. The predicted octanol–water partition coefficient (Wildman–Crippen LogP) is 1.66. The molecule has 0 amide bonds. The normalized spacial score (nSPS) is 31.4. The molecule has 4 rings (SSSR count). The van der Waals surface area contributed by atoms with Gasteiger partial charge in [-0.3, -0.25) is 14.4 Å². The van der Waals surface area contributed by atoms with Crippen LogP contribution in [0.2, 0.25) is 0 Å². The van der Waals surface area contributed by atoms with Gasteiger partial charge in [-0.25, -0.2) is 0 Å². The number of benzene rings is 1. The third-order valence-electron chi connectivity index (χ3n) is 4.29. The molecule has 3 aliphatic carbocycles. The van der Waals surface area contributed by atoms with Crippen LogP contribution in [0.15, 0.2) is 42.5 Å². The van der Waals surface area contributed by atoms with E-state index in [0.717, 1.165) is 5.56 Å². The second kappa shape index (κ2) is 4.40. The fourth-order valence-electron chi connectivity index (χ4n) is 3.26. The van der Waals surface area contributed by atoms with E-state index in [4.69, 9.17) is 4.74 Å². The van der Waals surface area contributed by atoms with Crippen LogP contribution in [0.25, 0.3) is 0 Å². The summed E-state index contributed by atoms with van der Waals surface area (Å²) in [6, 6.07) is 9.35. The van der Waals surface area contributed by atoms with Crippen molar-refractivity contribution < 1.29 is 19.1 Å². The number of ketones is 2. The lowest BCUT2D eigenvalue weighted by molar-refractivity contribution is -0.163. The van der Waals surface area contributed by atoms with Crippen LogP contribution in [0.3, 0.4) is 0 Å². The number of hydrogen-bond acceptors (Lipinski definition) is 4. The maximum atomic E-state index is 12.4. The highest BCUT2D eigenvalue weighted by Crippen LogP contribution is 2.51. The Bertz CT molecular complexity index is 617. The minimum Gasteiger partial charge on any atom is -0.468 e. The maximum Gasteiger partial charge on any atom is 0.324 e. The van der Waals surface area contributed by atoms with Gasteiger partial charge < -0.3 is 4.74 Å². The Kier molecular flexibility index (Phi) is 2.82. The molecule has 0 aromatic heterocycles. The zero-order valence-electron chi connectivity index (χ0n) is 11.0. The first-order valence-corrected chi connectivity index (χ1v) is 6.52. The molecule has 2 bridgehead atoms. The summed E-state index contributed by atoms with van der Waals surface area (Å²) in [5.74, 6) is -2.53. The first-order valence-electron chi connectivity index (χ1n) is 6.52. The molecule has 102 valence electrons. The van der Waals surface area contributed by atoms with Gasteiger partial charge in [0, 0.05) is 11.8 Å². The van der Waals surface area contributed by atoms with Crippen molar-refractivity contribution in [3.05, 3.63) is 48.0 Å². The minimum atomic E-state index is -1.48. The number of carbonyl (C=O) groups excluding carboxylic acids is 3. The van der Waals surface area contributed by atoms with E-state index in [2.05, 4.69) is 0 Å². The monoisotopic (exact) mass is 270 g/mol. The van der Waals surface area contributed by atoms with E-state index in [0.29, 0.717) is 6.42 Å². The van der Waals surface area contributed by atoms with Crippen molar-refractivity contribution in [2.45, 2.75) is 12.3 Å².